The fourth-order valence-electron chi connectivity index (χ4n) is 3.89. The van der Waals surface area contributed by atoms with Crippen LogP contribution in [0, 0.1) is 17.3 Å². The van der Waals surface area contributed by atoms with Crippen LogP contribution in [0.3, 0.4) is 0 Å². The monoisotopic (exact) mass is 296 g/mol. The van der Waals surface area contributed by atoms with Gasteiger partial charge in [0, 0.05) is 25.0 Å². The molecule has 0 aromatic rings. The molecular weight excluding hydrogens is 264 g/mol. The summed E-state index contributed by atoms with van der Waals surface area (Å²) in [5.41, 5.74) is 0.135. The maximum absolute atomic E-state index is 12.4. The number of carbonyl (C=O) groups is 1. The average molecular weight is 296 g/mol. The van der Waals surface area contributed by atoms with Crippen LogP contribution in [0.25, 0.3) is 0 Å². The van der Waals surface area contributed by atoms with Crippen molar-refractivity contribution in [1.82, 2.24) is 10.6 Å². The van der Waals surface area contributed by atoms with E-state index < -0.39 is 0 Å². The van der Waals surface area contributed by atoms with Crippen molar-refractivity contribution >= 4 is 5.91 Å². The lowest BCUT2D eigenvalue weighted by molar-refractivity contribution is -0.127. The summed E-state index contributed by atoms with van der Waals surface area (Å²) in [5, 5.41) is 6.63. The minimum atomic E-state index is 0.135. The maximum Gasteiger partial charge on any atom is 0.223 e. The Morgan fingerprint density at radius 1 is 1.24 bits per heavy atom. The minimum Gasteiger partial charge on any atom is -0.384 e. The van der Waals surface area contributed by atoms with Crippen LogP contribution in [0.15, 0.2) is 0 Å². The van der Waals surface area contributed by atoms with Gasteiger partial charge in [0.25, 0.3) is 0 Å². The van der Waals surface area contributed by atoms with Crippen LogP contribution in [0.4, 0.5) is 0 Å². The normalized spacial score (nSPS) is 29.0. The quantitative estimate of drug-likeness (QED) is 0.791. The van der Waals surface area contributed by atoms with Gasteiger partial charge in [0.15, 0.2) is 0 Å². The third kappa shape index (κ3) is 4.68. The number of methoxy groups -OCH3 is 1. The molecule has 1 amide bonds. The molecule has 0 aromatic carbocycles. The van der Waals surface area contributed by atoms with Crippen LogP contribution in [0.2, 0.25) is 0 Å². The van der Waals surface area contributed by atoms with Gasteiger partial charge in [-0.15, -0.1) is 0 Å². The van der Waals surface area contributed by atoms with Crippen LogP contribution in [0.5, 0.6) is 0 Å². The predicted octanol–water partition coefficient (Wildman–Crippen LogP) is 2.34. The van der Waals surface area contributed by atoms with Gasteiger partial charge in [0.05, 0.1) is 6.61 Å². The molecule has 1 saturated heterocycles. The number of hydrogen-bond donors (Lipinski definition) is 2. The van der Waals surface area contributed by atoms with Crippen molar-refractivity contribution in [3.05, 3.63) is 0 Å². The Kier molecular flexibility index (Phi) is 6.49. The summed E-state index contributed by atoms with van der Waals surface area (Å²) in [5.74, 6) is 1.37. The average Bonchev–Trinajstić information content (AvgIpc) is 2.54. The molecule has 2 N–H and O–H groups in total. The molecule has 1 aliphatic carbocycles. The van der Waals surface area contributed by atoms with Gasteiger partial charge in [-0.3, -0.25) is 4.79 Å². The van der Waals surface area contributed by atoms with E-state index in [2.05, 4.69) is 17.6 Å². The lowest BCUT2D eigenvalue weighted by Crippen LogP contribution is -2.48. The van der Waals surface area contributed by atoms with Gasteiger partial charge in [-0.25, -0.2) is 0 Å². The molecule has 0 atom stereocenters. The van der Waals surface area contributed by atoms with Crippen molar-refractivity contribution in [2.75, 3.05) is 33.4 Å². The van der Waals surface area contributed by atoms with Gasteiger partial charge >= 0.3 is 0 Å². The molecule has 0 spiro atoms. The highest BCUT2D eigenvalue weighted by Crippen LogP contribution is 2.32. The van der Waals surface area contributed by atoms with Crippen LogP contribution in [-0.4, -0.2) is 39.3 Å². The number of piperidine rings is 1. The summed E-state index contributed by atoms with van der Waals surface area (Å²) >= 11 is 0. The fraction of sp³-hybridized carbons (Fsp3) is 0.941. The number of carbonyl (C=O) groups excluding carboxylic acids is 1. The van der Waals surface area contributed by atoms with E-state index in [-0.39, 0.29) is 17.2 Å². The zero-order chi connectivity index (χ0) is 15.1. The number of hydrogen-bond acceptors (Lipinski definition) is 3. The standard InChI is InChI=1S/C17H32N2O2/c1-3-14-4-6-15(7-5-14)16(20)19-12-17(13-21-2)8-10-18-11-9-17/h14-15,18H,3-13H2,1-2H3,(H,19,20). The van der Waals surface area contributed by atoms with Crippen molar-refractivity contribution in [3.63, 3.8) is 0 Å². The summed E-state index contributed by atoms with van der Waals surface area (Å²) in [6.45, 7) is 5.84. The third-order valence-electron chi connectivity index (χ3n) is 5.55. The molecule has 1 heterocycles. The van der Waals surface area contributed by atoms with Crippen molar-refractivity contribution in [1.29, 1.82) is 0 Å². The van der Waals surface area contributed by atoms with Crippen LogP contribution in [-0.2, 0) is 9.53 Å². The van der Waals surface area contributed by atoms with E-state index >= 15 is 0 Å². The molecular formula is C17H32N2O2. The molecule has 2 fully saturated rings. The first-order valence-electron chi connectivity index (χ1n) is 8.66. The first-order chi connectivity index (χ1) is 10.2. The Balaban J connectivity index is 1.79. The van der Waals surface area contributed by atoms with E-state index in [4.69, 9.17) is 4.74 Å². The first-order valence-corrected chi connectivity index (χ1v) is 8.66. The predicted molar refractivity (Wildman–Crippen MR) is 85.2 cm³/mol. The topological polar surface area (TPSA) is 50.4 Å². The van der Waals surface area contributed by atoms with Gasteiger partial charge in [0.2, 0.25) is 5.91 Å². The summed E-state index contributed by atoms with van der Waals surface area (Å²) < 4.78 is 5.41. The van der Waals surface area contributed by atoms with Crippen LogP contribution in [0.1, 0.15) is 51.9 Å². The van der Waals surface area contributed by atoms with E-state index in [0.29, 0.717) is 0 Å². The molecule has 1 aliphatic heterocycles. The second-order valence-electron chi connectivity index (χ2n) is 7.03. The molecule has 0 radical (unpaired) electrons. The lowest BCUT2D eigenvalue weighted by Gasteiger charge is -2.37. The lowest BCUT2D eigenvalue weighted by atomic mass is 9.78. The van der Waals surface area contributed by atoms with Crippen molar-refractivity contribution in [3.8, 4) is 0 Å². The van der Waals surface area contributed by atoms with Gasteiger partial charge in [0.1, 0.15) is 0 Å². The van der Waals surface area contributed by atoms with Crippen LogP contribution >= 0.6 is 0 Å². The smallest absolute Gasteiger partial charge is 0.223 e. The SMILES string of the molecule is CCC1CCC(C(=O)NCC2(COC)CCNCC2)CC1. The van der Waals surface area contributed by atoms with Gasteiger partial charge in [-0.05, 0) is 57.5 Å². The largest absolute Gasteiger partial charge is 0.384 e. The van der Waals surface area contributed by atoms with Crippen LogP contribution < -0.4 is 10.6 Å². The Labute approximate surface area is 129 Å². The van der Waals surface area contributed by atoms with E-state index in [1.54, 1.807) is 7.11 Å². The van der Waals surface area contributed by atoms with E-state index in [9.17, 15) is 4.79 Å². The summed E-state index contributed by atoms with van der Waals surface area (Å²) in [4.78, 5) is 12.4. The van der Waals surface area contributed by atoms with Gasteiger partial charge in [-0.2, -0.15) is 0 Å². The second-order valence-corrected chi connectivity index (χ2v) is 7.03. The van der Waals surface area contributed by atoms with Gasteiger partial charge in [-0.1, -0.05) is 13.3 Å². The van der Waals surface area contributed by atoms with Gasteiger partial charge < -0.3 is 15.4 Å². The number of nitrogens with one attached hydrogen (secondary N) is 2. The molecule has 2 rings (SSSR count). The Hall–Kier alpha value is -0.610. The molecule has 21 heavy (non-hydrogen) atoms. The maximum atomic E-state index is 12.4. The fourth-order valence-corrected chi connectivity index (χ4v) is 3.89. The molecule has 2 aliphatic rings. The summed E-state index contributed by atoms with van der Waals surface area (Å²) in [6.07, 6.45) is 8.03. The number of rotatable bonds is 6. The van der Waals surface area contributed by atoms with E-state index in [0.717, 1.165) is 57.8 Å². The van der Waals surface area contributed by atoms with Crippen molar-refractivity contribution in [2.24, 2.45) is 17.3 Å². The summed E-state index contributed by atoms with van der Waals surface area (Å²) in [7, 11) is 1.76. The van der Waals surface area contributed by atoms with Crippen molar-refractivity contribution < 1.29 is 9.53 Å². The van der Waals surface area contributed by atoms with Crippen molar-refractivity contribution in [2.45, 2.75) is 51.9 Å². The zero-order valence-electron chi connectivity index (χ0n) is 13.7. The number of amides is 1. The molecule has 0 aromatic heterocycles. The molecule has 1 saturated carbocycles. The van der Waals surface area contributed by atoms with E-state index in [1.165, 1.54) is 19.3 Å². The Bertz CT molecular complexity index is 313. The molecule has 0 bridgehead atoms. The second kappa shape index (κ2) is 8.14. The molecule has 122 valence electrons. The third-order valence-corrected chi connectivity index (χ3v) is 5.55. The minimum absolute atomic E-state index is 0.135. The Morgan fingerprint density at radius 2 is 1.90 bits per heavy atom. The molecule has 4 heteroatoms. The molecule has 0 unspecified atom stereocenters. The highest BCUT2D eigenvalue weighted by Gasteiger charge is 2.33. The van der Waals surface area contributed by atoms with E-state index in [1.807, 2.05) is 0 Å². The highest BCUT2D eigenvalue weighted by molar-refractivity contribution is 5.78. The zero-order valence-corrected chi connectivity index (χ0v) is 13.7. The number of ether oxygens (including phenoxy) is 1. The Morgan fingerprint density at radius 3 is 2.48 bits per heavy atom. The molecule has 4 nitrogen and oxygen atoms in total. The highest BCUT2D eigenvalue weighted by atomic mass is 16.5. The first kappa shape index (κ1) is 16.8. The summed E-state index contributed by atoms with van der Waals surface area (Å²) in [6, 6.07) is 0.